The molecule has 0 unspecified atom stereocenters. The summed E-state index contributed by atoms with van der Waals surface area (Å²) in [5, 5.41) is 6.09. The lowest BCUT2D eigenvalue weighted by molar-refractivity contribution is 0.214. The highest BCUT2D eigenvalue weighted by Gasteiger charge is 2.29. The molecule has 0 radical (unpaired) electrons. The molecule has 11 heteroatoms. The van der Waals surface area contributed by atoms with Crippen molar-refractivity contribution in [3.8, 4) is 0 Å². The first-order valence-electron chi connectivity index (χ1n) is 8.28. The second kappa shape index (κ2) is 7.61. The standard InChI is InChI=1S/C16H19F2N5O3S/c1-21-11-12(10-19-21)27(25,26)23-7-3-6-22(8-9-23)16(24)20-15-13(17)4-2-5-14(15)18/h2,4-5,10-11H,3,6-9H2,1H3,(H,20,24). The molecule has 0 atom stereocenters. The molecule has 3 rings (SSSR count). The van der Waals surface area contributed by atoms with E-state index in [0.717, 1.165) is 12.1 Å². The Kier molecular flexibility index (Phi) is 5.42. The Balaban J connectivity index is 1.68. The molecule has 2 aromatic rings. The van der Waals surface area contributed by atoms with Gasteiger partial charge in [0, 0.05) is 39.4 Å². The van der Waals surface area contributed by atoms with Gasteiger partial charge in [-0.1, -0.05) is 6.07 Å². The zero-order chi connectivity index (χ0) is 19.6. The van der Waals surface area contributed by atoms with Gasteiger partial charge in [-0.15, -0.1) is 0 Å². The van der Waals surface area contributed by atoms with Gasteiger partial charge in [0.2, 0.25) is 10.0 Å². The smallest absolute Gasteiger partial charge is 0.322 e. The van der Waals surface area contributed by atoms with Gasteiger partial charge in [-0.3, -0.25) is 4.68 Å². The van der Waals surface area contributed by atoms with Crippen LogP contribution in [0.5, 0.6) is 0 Å². The average Bonchev–Trinajstić information content (AvgIpc) is 2.91. The fraction of sp³-hybridized carbons (Fsp3) is 0.375. The molecule has 2 heterocycles. The highest BCUT2D eigenvalue weighted by atomic mass is 32.2. The van der Waals surface area contributed by atoms with Crippen molar-refractivity contribution in [2.24, 2.45) is 7.05 Å². The second-order valence-corrected chi connectivity index (χ2v) is 8.06. The number of nitrogens with one attached hydrogen (secondary N) is 1. The third-order valence-electron chi connectivity index (χ3n) is 4.26. The average molecular weight is 399 g/mol. The quantitative estimate of drug-likeness (QED) is 0.850. The van der Waals surface area contributed by atoms with E-state index < -0.39 is 33.4 Å². The maximum absolute atomic E-state index is 13.7. The number of hydrogen-bond donors (Lipinski definition) is 1. The van der Waals surface area contributed by atoms with Crippen LogP contribution in [0.15, 0.2) is 35.5 Å². The van der Waals surface area contributed by atoms with Crippen LogP contribution in [0.1, 0.15) is 6.42 Å². The molecule has 1 fully saturated rings. The molecule has 0 aliphatic carbocycles. The lowest BCUT2D eigenvalue weighted by Crippen LogP contribution is -2.39. The molecular formula is C16H19F2N5O3S. The highest BCUT2D eigenvalue weighted by Crippen LogP contribution is 2.20. The van der Waals surface area contributed by atoms with E-state index in [4.69, 9.17) is 0 Å². The molecule has 1 aromatic heterocycles. The van der Waals surface area contributed by atoms with Gasteiger partial charge >= 0.3 is 6.03 Å². The van der Waals surface area contributed by atoms with Crippen LogP contribution in [-0.2, 0) is 17.1 Å². The number of rotatable bonds is 3. The van der Waals surface area contributed by atoms with Crippen LogP contribution in [0.3, 0.4) is 0 Å². The lowest BCUT2D eigenvalue weighted by Gasteiger charge is -2.22. The maximum atomic E-state index is 13.7. The monoisotopic (exact) mass is 399 g/mol. The molecule has 2 amide bonds. The van der Waals surface area contributed by atoms with Gasteiger partial charge in [-0.05, 0) is 18.6 Å². The zero-order valence-electron chi connectivity index (χ0n) is 14.6. The summed E-state index contributed by atoms with van der Waals surface area (Å²) in [7, 11) is -2.09. The van der Waals surface area contributed by atoms with Gasteiger partial charge in [0.15, 0.2) is 0 Å². The van der Waals surface area contributed by atoms with Gasteiger partial charge in [0.25, 0.3) is 0 Å². The Labute approximate surface area is 155 Å². The zero-order valence-corrected chi connectivity index (χ0v) is 15.4. The van der Waals surface area contributed by atoms with Crippen molar-refractivity contribution in [1.82, 2.24) is 19.0 Å². The molecule has 1 aromatic carbocycles. The molecule has 0 bridgehead atoms. The van der Waals surface area contributed by atoms with E-state index in [9.17, 15) is 22.0 Å². The van der Waals surface area contributed by atoms with Crippen LogP contribution < -0.4 is 5.32 Å². The Hall–Kier alpha value is -2.53. The summed E-state index contributed by atoms with van der Waals surface area (Å²) >= 11 is 0. The predicted octanol–water partition coefficient (Wildman–Crippen LogP) is 1.63. The van der Waals surface area contributed by atoms with Crippen molar-refractivity contribution in [1.29, 1.82) is 0 Å². The molecule has 1 saturated heterocycles. The highest BCUT2D eigenvalue weighted by molar-refractivity contribution is 7.89. The number of aromatic nitrogens is 2. The van der Waals surface area contributed by atoms with E-state index in [1.807, 2.05) is 0 Å². The van der Waals surface area contributed by atoms with E-state index in [-0.39, 0.29) is 31.1 Å². The first-order valence-corrected chi connectivity index (χ1v) is 9.72. The van der Waals surface area contributed by atoms with E-state index in [2.05, 4.69) is 10.4 Å². The summed E-state index contributed by atoms with van der Waals surface area (Å²) in [4.78, 5) is 13.8. The number of nitrogens with zero attached hydrogens (tertiary/aromatic N) is 4. The minimum absolute atomic E-state index is 0.0738. The predicted molar refractivity (Wildman–Crippen MR) is 93.5 cm³/mol. The number of benzene rings is 1. The summed E-state index contributed by atoms with van der Waals surface area (Å²) in [6, 6.07) is 2.61. The van der Waals surface area contributed by atoms with Crippen LogP contribution in [-0.4, -0.2) is 59.6 Å². The fourth-order valence-corrected chi connectivity index (χ4v) is 4.28. The number of anilines is 1. The first-order chi connectivity index (χ1) is 12.8. The number of aryl methyl sites for hydroxylation is 1. The number of hydrogen-bond acceptors (Lipinski definition) is 4. The SMILES string of the molecule is Cn1cc(S(=O)(=O)N2CCCN(C(=O)Nc3c(F)cccc3F)CC2)cn1. The largest absolute Gasteiger partial charge is 0.323 e. The molecule has 27 heavy (non-hydrogen) atoms. The molecule has 1 N–H and O–H groups in total. The Morgan fingerprint density at radius 1 is 1.15 bits per heavy atom. The fourth-order valence-electron chi connectivity index (χ4n) is 2.82. The van der Waals surface area contributed by atoms with Crippen molar-refractivity contribution in [2.45, 2.75) is 11.3 Å². The summed E-state index contributed by atoms with van der Waals surface area (Å²) in [6.07, 6.45) is 3.07. The molecular weight excluding hydrogens is 380 g/mol. The summed E-state index contributed by atoms with van der Waals surface area (Å²) in [6.45, 7) is 0.668. The minimum Gasteiger partial charge on any atom is -0.323 e. The Bertz CT molecular complexity index is 927. The van der Waals surface area contributed by atoms with E-state index in [0.29, 0.717) is 6.42 Å². The number of halogens is 2. The Morgan fingerprint density at radius 3 is 2.48 bits per heavy atom. The molecule has 146 valence electrons. The van der Waals surface area contributed by atoms with Gasteiger partial charge in [-0.25, -0.2) is 22.0 Å². The number of amides is 2. The molecule has 1 aliphatic rings. The van der Waals surface area contributed by atoms with Crippen LogP contribution in [0.4, 0.5) is 19.3 Å². The van der Waals surface area contributed by atoms with Gasteiger partial charge in [0.05, 0.1) is 6.20 Å². The lowest BCUT2D eigenvalue weighted by atomic mass is 10.3. The second-order valence-electron chi connectivity index (χ2n) is 6.12. The van der Waals surface area contributed by atoms with Crippen molar-refractivity contribution in [3.63, 3.8) is 0 Å². The van der Waals surface area contributed by atoms with Crippen molar-refractivity contribution >= 4 is 21.7 Å². The van der Waals surface area contributed by atoms with E-state index in [1.54, 1.807) is 7.05 Å². The normalized spacial score (nSPS) is 16.2. The third-order valence-corrected chi connectivity index (χ3v) is 6.11. The number of para-hydroxylation sites is 1. The van der Waals surface area contributed by atoms with Crippen molar-refractivity contribution in [3.05, 3.63) is 42.2 Å². The molecule has 8 nitrogen and oxygen atoms in total. The van der Waals surface area contributed by atoms with Crippen LogP contribution in [0.25, 0.3) is 0 Å². The topological polar surface area (TPSA) is 87.5 Å². The molecule has 0 saturated carbocycles. The number of carbonyl (C=O) groups excluding carboxylic acids is 1. The summed E-state index contributed by atoms with van der Waals surface area (Å²) in [5.74, 6) is -1.75. The van der Waals surface area contributed by atoms with Crippen LogP contribution in [0, 0.1) is 11.6 Å². The van der Waals surface area contributed by atoms with Gasteiger partial charge < -0.3 is 10.2 Å². The van der Waals surface area contributed by atoms with Crippen LogP contribution >= 0.6 is 0 Å². The van der Waals surface area contributed by atoms with E-state index >= 15 is 0 Å². The number of sulfonamides is 1. The van der Waals surface area contributed by atoms with Gasteiger partial charge in [-0.2, -0.15) is 9.40 Å². The van der Waals surface area contributed by atoms with Crippen molar-refractivity contribution in [2.75, 3.05) is 31.5 Å². The number of urea groups is 1. The molecule has 1 aliphatic heterocycles. The third kappa shape index (κ3) is 4.08. The van der Waals surface area contributed by atoms with Crippen molar-refractivity contribution < 1.29 is 22.0 Å². The molecule has 0 spiro atoms. The van der Waals surface area contributed by atoms with Crippen LogP contribution in [0.2, 0.25) is 0 Å². The number of carbonyl (C=O) groups is 1. The first kappa shape index (κ1) is 19.2. The summed E-state index contributed by atoms with van der Waals surface area (Å²) < 4.78 is 55.4. The summed E-state index contributed by atoms with van der Waals surface area (Å²) in [5.41, 5.74) is -0.522. The van der Waals surface area contributed by atoms with Gasteiger partial charge in [0.1, 0.15) is 22.2 Å². The maximum Gasteiger partial charge on any atom is 0.322 e. The minimum atomic E-state index is -3.71. The van der Waals surface area contributed by atoms with E-state index in [1.165, 1.54) is 32.3 Å². The Morgan fingerprint density at radius 2 is 1.85 bits per heavy atom.